The van der Waals surface area contributed by atoms with Gasteiger partial charge in [-0.25, -0.2) is 4.57 Å². The lowest BCUT2D eigenvalue weighted by Crippen LogP contribution is -2.37. The van der Waals surface area contributed by atoms with Gasteiger partial charge in [0, 0.05) is 12.8 Å². The van der Waals surface area contributed by atoms with Crippen LogP contribution < -0.4 is 0 Å². The highest BCUT2D eigenvalue weighted by Gasteiger charge is 2.27. The molecule has 10 heteroatoms. The molecule has 0 aromatic carbocycles. The minimum Gasteiger partial charge on any atom is -0.462 e. The van der Waals surface area contributed by atoms with Crippen molar-refractivity contribution in [3.8, 4) is 0 Å². The quantitative estimate of drug-likeness (QED) is 0.0211. The summed E-state index contributed by atoms with van der Waals surface area (Å²) < 4.78 is 34.5. The fourth-order valence-electron chi connectivity index (χ4n) is 8.45. The van der Waals surface area contributed by atoms with E-state index in [-0.39, 0.29) is 32.0 Å². The van der Waals surface area contributed by atoms with E-state index >= 15 is 0 Å². The van der Waals surface area contributed by atoms with Gasteiger partial charge in [-0.2, -0.15) is 0 Å². The maximum atomic E-state index is 12.8. The van der Waals surface area contributed by atoms with Gasteiger partial charge in [0.25, 0.3) is 0 Å². The van der Waals surface area contributed by atoms with Crippen molar-refractivity contribution in [3.05, 3.63) is 109 Å². The number of hydrogen-bond acceptors (Lipinski definition) is 7. The predicted molar refractivity (Wildman–Crippen MR) is 335 cm³/mol. The number of likely N-dealkylation sites (N-methyl/N-ethyl adjacent to an activating group) is 1. The van der Waals surface area contributed by atoms with Crippen molar-refractivity contribution in [3.63, 3.8) is 0 Å². The lowest BCUT2D eigenvalue weighted by molar-refractivity contribution is -0.870. The number of nitrogens with zero attached hydrogens (tertiary/aromatic N) is 1. The first-order chi connectivity index (χ1) is 38.0. The number of carbonyl (C=O) groups excluding carboxylic acids is 2. The Morgan fingerprint density at radius 2 is 0.731 bits per heavy atom. The van der Waals surface area contributed by atoms with E-state index in [9.17, 15) is 19.0 Å². The summed E-state index contributed by atoms with van der Waals surface area (Å²) in [6.07, 6.45) is 81.9. The molecule has 0 heterocycles. The minimum atomic E-state index is -4.39. The molecule has 0 saturated heterocycles. The largest absolute Gasteiger partial charge is 0.472 e. The highest BCUT2D eigenvalue weighted by Crippen LogP contribution is 2.43. The van der Waals surface area contributed by atoms with E-state index in [0.717, 1.165) is 109 Å². The number of esters is 2. The van der Waals surface area contributed by atoms with Gasteiger partial charge in [0.15, 0.2) is 6.10 Å². The van der Waals surface area contributed by atoms with E-state index in [2.05, 4.69) is 123 Å². The van der Waals surface area contributed by atoms with E-state index in [1.165, 1.54) is 116 Å². The third-order valence-electron chi connectivity index (χ3n) is 13.3. The molecule has 1 N–H and O–H groups in total. The zero-order valence-corrected chi connectivity index (χ0v) is 51.8. The topological polar surface area (TPSA) is 108 Å². The highest BCUT2D eigenvalue weighted by molar-refractivity contribution is 7.47. The normalized spacial score (nSPS) is 14.0. The van der Waals surface area contributed by atoms with Crippen LogP contribution in [-0.4, -0.2) is 74.9 Å². The van der Waals surface area contributed by atoms with Gasteiger partial charge in [0.1, 0.15) is 19.8 Å². The number of unbranched alkanes of at least 4 members (excludes halogenated alkanes) is 25. The molecule has 0 spiro atoms. The van der Waals surface area contributed by atoms with Gasteiger partial charge < -0.3 is 18.9 Å². The number of carbonyl (C=O) groups is 2. The Bertz CT molecular complexity index is 1680. The van der Waals surface area contributed by atoms with Crippen molar-refractivity contribution in [2.24, 2.45) is 0 Å². The van der Waals surface area contributed by atoms with Gasteiger partial charge >= 0.3 is 19.8 Å². The van der Waals surface area contributed by atoms with Crippen molar-refractivity contribution in [1.29, 1.82) is 0 Å². The molecule has 0 aliphatic heterocycles. The summed E-state index contributed by atoms with van der Waals surface area (Å²) in [6.45, 7) is 4.24. The molecule has 0 radical (unpaired) electrons. The van der Waals surface area contributed by atoms with Crippen LogP contribution in [0.2, 0.25) is 0 Å². The van der Waals surface area contributed by atoms with Gasteiger partial charge in [0.05, 0.1) is 27.7 Å². The van der Waals surface area contributed by atoms with Crippen molar-refractivity contribution in [2.45, 2.75) is 264 Å². The Hall–Kier alpha value is -3.33. The van der Waals surface area contributed by atoms with Crippen LogP contribution >= 0.6 is 7.82 Å². The molecule has 448 valence electrons. The molecule has 0 aromatic rings. The molecule has 0 aromatic heterocycles. The Labute approximate surface area is 480 Å². The molecular weight excluding hydrogens is 990 g/mol. The Balaban J connectivity index is 3.94. The molecule has 9 nitrogen and oxygen atoms in total. The van der Waals surface area contributed by atoms with Gasteiger partial charge in [-0.1, -0.05) is 258 Å². The SMILES string of the molecule is CC/C=C\C/C=C\C/C=C\C/C=C\C/C=C\C/C=C\C/C=C\CCCCCCCCCCCCCCCCCCCCCC(=O)OC(COC(=O)CCCCCCC/C=C\C/C=C\CCC)COP(=O)(O)OCC[N+](C)(C)C. The minimum absolute atomic E-state index is 0.0269. The Kier molecular flexibility index (Phi) is 55.8. The predicted octanol–water partition coefficient (Wildman–Crippen LogP) is 20.2. The van der Waals surface area contributed by atoms with Gasteiger partial charge in [-0.15, -0.1) is 0 Å². The molecule has 2 unspecified atom stereocenters. The number of allylic oxidation sites excluding steroid dienone is 18. The second-order valence-corrected chi connectivity index (χ2v) is 23.5. The summed E-state index contributed by atoms with van der Waals surface area (Å²) in [6, 6.07) is 0. The maximum absolute atomic E-state index is 12.8. The molecule has 0 bridgehead atoms. The lowest BCUT2D eigenvalue weighted by Gasteiger charge is -2.24. The van der Waals surface area contributed by atoms with E-state index in [0.29, 0.717) is 17.4 Å². The smallest absolute Gasteiger partial charge is 0.462 e. The standard InChI is InChI=1S/C68H118NO8P/c1-6-8-10-12-14-16-18-20-21-22-23-24-25-26-27-28-29-30-31-32-33-34-35-36-37-38-39-40-41-42-43-44-45-46-47-49-51-53-55-57-59-61-68(71)77-66(65-76-78(72,73)75-63-62-69(3,4)5)64-74-67(70)60-58-56-54-52-50-48-19-17-15-13-11-9-7-2/h8,10-11,13-14,16-17,19-21,23-24,26-27,29-30,32-33,66H,6-7,9,12,15,18,22,25,28,31,34-65H2,1-5H3/p+1/b10-8-,13-11-,16-14-,19-17-,21-20-,24-23-,27-26-,30-29-,33-32-. The summed E-state index contributed by atoms with van der Waals surface area (Å²) >= 11 is 0. The summed E-state index contributed by atoms with van der Waals surface area (Å²) in [5.41, 5.74) is 0. The average Bonchev–Trinajstić information content (AvgIpc) is 3.40. The summed E-state index contributed by atoms with van der Waals surface area (Å²) in [7, 11) is 1.47. The molecule has 0 saturated carbocycles. The number of phosphoric acid groups is 1. The fourth-order valence-corrected chi connectivity index (χ4v) is 9.19. The van der Waals surface area contributed by atoms with Crippen LogP contribution in [0.15, 0.2) is 109 Å². The van der Waals surface area contributed by atoms with Crippen LogP contribution in [0.25, 0.3) is 0 Å². The number of hydrogen-bond donors (Lipinski definition) is 1. The van der Waals surface area contributed by atoms with Gasteiger partial charge in [-0.05, 0) is 96.3 Å². The average molecular weight is 1110 g/mol. The summed E-state index contributed by atoms with van der Waals surface area (Å²) in [5.74, 6) is -0.812. The van der Waals surface area contributed by atoms with Crippen LogP contribution in [0.1, 0.15) is 258 Å². The van der Waals surface area contributed by atoms with Crippen LogP contribution in [0.5, 0.6) is 0 Å². The molecule has 0 aliphatic rings. The van der Waals surface area contributed by atoms with Crippen molar-refractivity contribution >= 4 is 19.8 Å². The molecule has 0 amide bonds. The van der Waals surface area contributed by atoms with Gasteiger partial charge in [-0.3, -0.25) is 18.6 Å². The maximum Gasteiger partial charge on any atom is 0.472 e. The first kappa shape index (κ1) is 74.7. The van der Waals surface area contributed by atoms with E-state index in [4.69, 9.17) is 18.5 Å². The number of quaternary nitrogens is 1. The number of ether oxygens (including phenoxy) is 2. The third-order valence-corrected chi connectivity index (χ3v) is 14.3. The fraction of sp³-hybridized carbons (Fsp3) is 0.706. The first-order valence-electron chi connectivity index (χ1n) is 31.6. The molecular formula is C68H119NO8P+. The van der Waals surface area contributed by atoms with Crippen LogP contribution in [-0.2, 0) is 32.7 Å². The highest BCUT2D eigenvalue weighted by atomic mass is 31.2. The third kappa shape index (κ3) is 61.9. The van der Waals surface area contributed by atoms with E-state index in [1.807, 2.05) is 21.1 Å². The van der Waals surface area contributed by atoms with E-state index < -0.39 is 26.5 Å². The zero-order chi connectivity index (χ0) is 57.0. The van der Waals surface area contributed by atoms with Crippen LogP contribution in [0, 0.1) is 0 Å². The van der Waals surface area contributed by atoms with Crippen molar-refractivity contribution < 1.29 is 42.1 Å². The summed E-state index contributed by atoms with van der Waals surface area (Å²) in [4.78, 5) is 35.6. The second kappa shape index (κ2) is 58.3. The lowest BCUT2D eigenvalue weighted by atomic mass is 10.0. The molecule has 0 rings (SSSR count). The van der Waals surface area contributed by atoms with Crippen molar-refractivity contribution in [2.75, 3.05) is 47.5 Å². The zero-order valence-electron chi connectivity index (χ0n) is 50.9. The van der Waals surface area contributed by atoms with Gasteiger partial charge in [0.2, 0.25) is 0 Å². The molecule has 0 fully saturated rings. The Morgan fingerprint density at radius 1 is 0.410 bits per heavy atom. The number of phosphoric ester groups is 1. The van der Waals surface area contributed by atoms with E-state index in [1.54, 1.807) is 0 Å². The molecule has 78 heavy (non-hydrogen) atoms. The number of rotatable bonds is 57. The Morgan fingerprint density at radius 3 is 1.09 bits per heavy atom. The molecule has 2 atom stereocenters. The molecule has 0 aliphatic carbocycles. The summed E-state index contributed by atoms with van der Waals surface area (Å²) in [5, 5.41) is 0. The van der Waals surface area contributed by atoms with Crippen LogP contribution in [0.3, 0.4) is 0 Å². The second-order valence-electron chi connectivity index (χ2n) is 22.1. The van der Waals surface area contributed by atoms with Crippen molar-refractivity contribution in [1.82, 2.24) is 0 Å². The first-order valence-corrected chi connectivity index (χ1v) is 33.1. The van der Waals surface area contributed by atoms with Crippen LogP contribution in [0.4, 0.5) is 0 Å². The monoisotopic (exact) mass is 1110 g/mol.